The Kier molecular flexibility index (Phi) is 6.35. The first-order valence-corrected chi connectivity index (χ1v) is 10.6. The van der Waals surface area contributed by atoms with Gasteiger partial charge in [0.25, 0.3) is 5.91 Å². The van der Waals surface area contributed by atoms with Gasteiger partial charge in [-0.2, -0.15) is 4.99 Å². The molecule has 25 heavy (non-hydrogen) atoms. The quantitative estimate of drug-likeness (QED) is 0.446. The van der Waals surface area contributed by atoms with Crippen LogP contribution in [0.25, 0.3) is 10.2 Å². The van der Waals surface area contributed by atoms with Crippen LogP contribution in [0.3, 0.4) is 0 Å². The first-order valence-electron chi connectivity index (χ1n) is 7.40. The Bertz CT molecular complexity index is 994. The molecule has 4 nitrogen and oxygen atoms in total. The predicted octanol–water partition coefficient (Wildman–Crippen LogP) is 5.61. The molecular weight excluding hydrogens is 467 g/mol. The van der Waals surface area contributed by atoms with Crippen molar-refractivity contribution in [2.45, 2.75) is 13.5 Å². The highest BCUT2D eigenvalue weighted by Crippen LogP contribution is 2.30. The van der Waals surface area contributed by atoms with Gasteiger partial charge in [-0.3, -0.25) is 4.79 Å². The number of halogens is 3. The summed E-state index contributed by atoms with van der Waals surface area (Å²) in [5, 5.41) is 1.08. The van der Waals surface area contributed by atoms with E-state index in [2.05, 4.69) is 20.9 Å². The van der Waals surface area contributed by atoms with Crippen LogP contribution in [-0.2, 0) is 11.3 Å². The van der Waals surface area contributed by atoms with Gasteiger partial charge in [-0.15, -0.1) is 11.3 Å². The lowest BCUT2D eigenvalue weighted by molar-refractivity contribution is 0.100. The molecule has 3 rings (SSSR count). The number of rotatable bonds is 5. The lowest BCUT2D eigenvalue weighted by Crippen LogP contribution is -2.19. The number of hydrogen-bond acceptors (Lipinski definition) is 4. The zero-order valence-corrected chi connectivity index (χ0v) is 17.8. The van der Waals surface area contributed by atoms with Gasteiger partial charge in [0, 0.05) is 18.2 Å². The number of thiazole rings is 1. The van der Waals surface area contributed by atoms with Crippen molar-refractivity contribution in [2.75, 3.05) is 13.2 Å². The topological polar surface area (TPSA) is 43.6 Å². The average molecular weight is 480 g/mol. The fourth-order valence-corrected chi connectivity index (χ4v) is 5.40. The van der Waals surface area contributed by atoms with E-state index >= 15 is 0 Å². The SMILES string of the molecule is CCOCCn1c(=NC(=O)c2ccc(Br)s2)sc2cc(Cl)cc(Cl)c21. The molecule has 0 saturated heterocycles. The smallest absolute Gasteiger partial charge is 0.289 e. The van der Waals surface area contributed by atoms with Crippen molar-refractivity contribution in [3.63, 3.8) is 0 Å². The molecule has 1 amide bonds. The maximum atomic E-state index is 12.5. The van der Waals surface area contributed by atoms with Gasteiger partial charge in [0.2, 0.25) is 0 Å². The molecule has 0 aliphatic heterocycles. The molecule has 0 radical (unpaired) electrons. The third kappa shape index (κ3) is 4.35. The minimum absolute atomic E-state index is 0.283. The third-order valence-corrected chi connectivity index (χ3v) is 6.48. The van der Waals surface area contributed by atoms with E-state index in [4.69, 9.17) is 27.9 Å². The summed E-state index contributed by atoms with van der Waals surface area (Å²) in [5.74, 6) is -0.283. The maximum Gasteiger partial charge on any atom is 0.289 e. The Morgan fingerprint density at radius 3 is 2.80 bits per heavy atom. The number of nitrogens with zero attached hydrogens (tertiary/aromatic N) is 2. The fraction of sp³-hybridized carbons (Fsp3) is 0.250. The Hall–Kier alpha value is -0.700. The van der Waals surface area contributed by atoms with Crippen molar-refractivity contribution in [2.24, 2.45) is 4.99 Å². The van der Waals surface area contributed by atoms with E-state index in [0.717, 1.165) is 14.0 Å². The second-order valence-electron chi connectivity index (χ2n) is 4.99. The number of fused-ring (bicyclic) bond motifs is 1. The van der Waals surface area contributed by atoms with Gasteiger partial charge in [0.05, 0.1) is 30.5 Å². The van der Waals surface area contributed by atoms with Gasteiger partial charge in [0.15, 0.2) is 4.80 Å². The normalized spacial score (nSPS) is 12.2. The van der Waals surface area contributed by atoms with Crippen LogP contribution in [0.5, 0.6) is 0 Å². The van der Waals surface area contributed by atoms with Crippen LogP contribution in [0.2, 0.25) is 10.0 Å². The molecule has 0 atom stereocenters. The standard InChI is InChI=1S/C16H13BrCl2N2O2S2/c1-2-23-6-5-21-14-10(19)7-9(18)8-12(14)25-16(21)20-15(22)11-3-4-13(17)24-11/h3-4,7-8H,2,5-6H2,1H3. The Morgan fingerprint density at radius 1 is 1.32 bits per heavy atom. The maximum absolute atomic E-state index is 12.5. The van der Waals surface area contributed by atoms with E-state index in [0.29, 0.717) is 39.5 Å². The van der Waals surface area contributed by atoms with E-state index in [1.807, 2.05) is 23.6 Å². The van der Waals surface area contributed by atoms with Gasteiger partial charge in [-0.25, -0.2) is 0 Å². The number of carbonyl (C=O) groups is 1. The monoisotopic (exact) mass is 478 g/mol. The van der Waals surface area contributed by atoms with E-state index in [1.54, 1.807) is 12.1 Å². The molecule has 0 spiro atoms. The molecule has 0 aliphatic rings. The molecule has 3 aromatic rings. The van der Waals surface area contributed by atoms with Crippen LogP contribution < -0.4 is 4.80 Å². The summed E-state index contributed by atoms with van der Waals surface area (Å²) in [4.78, 5) is 17.9. The molecule has 0 N–H and O–H groups in total. The first-order chi connectivity index (χ1) is 12.0. The summed E-state index contributed by atoms with van der Waals surface area (Å²) in [6.07, 6.45) is 0. The average Bonchev–Trinajstić information content (AvgIpc) is 3.12. The molecule has 1 aromatic carbocycles. The van der Waals surface area contributed by atoms with Gasteiger partial charge in [0.1, 0.15) is 0 Å². The van der Waals surface area contributed by atoms with Gasteiger partial charge in [-0.05, 0) is 47.1 Å². The van der Waals surface area contributed by atoms with Crippen LogP contribution in [0.1, 0.15) is 16.6 Å². The van der Waals surface area contributed by atoms with Gasteiger partial charge >= 0.3 is 0 Å². The van der Waals surface area contributed by atoms with Crippen molar-refractivity contribution in [1.82, 2.24) is 4.57 Å². The number of carbonyl (C=O) groups excluding carboxylic acids is 1. The molecule has 2 heterocycles. The summed E-state index contributed by atoms with van der Waals surface area (Å²) in [7, 11) is 0. The number of aromatic nitrogens is 1. The summed E-state index contributed by atoms with van der Waals surface area (Å²) >= 11 is 18.6. The summed E-state index contributed by atoms with van der Waals surface area (Å²) < 4.78 is 9.14. The molecule has 0 bridgehead atoms. The lowest BCUT2D eigenvalue weighted by Gasteiger charge is -2.06. The number of ether oxygens (including phenoxy) is 1. The van der Waals surface area contributed by atoms with E-state index < -0.39 is 0 Å². The van der Waals surface area contributed by atoms with Crippen LogP contribution in [0.15, 0.2) is 33.0 Å². The Balaban J connectivity index is 2.12. The van der Waals surface area contributed by atoms with E-state index in [1.165, 1.54) is 22.7 Å². The lowest BCUT2D eigenvalue weighted by atomic mass is 10.3. The largest absolute Gasteiger partial charge is 0.380 e. The zero-order chi connectivity index (χ0) is 18.0. The molecular formula is C16H13BrCl2N2O2S2. The van der Waals surface area contributed by atoms with Crippen molar-refractivity contribution in [1.29, 1.82) is 0 Å². The number of hydrogen-bond donors (Lipinski definition) is 0. The molecule has 0 unspecified atom stereocenters. The second kappa shape index (κ2) is 8.33. The summed E-state index contributed by atoms with van der Waals surface area (Å²) in [6.45, 7) is 3.62. The van der Waals surface area contributed by atoms with Crippen LogP contribution in [0, 0.1) is 0 Å². The van der Waals surface area contributed by atoms with Crippen LogP contribution in [-0.4, -0.2) is 23.7 Å². The molecule has 2 aromatic heterocycles. The highest BCUT2D eigenvalue weighted by atomic mass is 79.9. The molecule has 0 fully saturated rings. The first kappa shape index (κ1) is 19.1. The number of benzene rings is 1. The highest BCUT2D eigenvalue weighted by Gasteiger charge is 2.14. The second-order valence-corrected chi connectivity index (χ2v) is 9.30. The van der Waals surface area contributed by atoms with E-state index in [-0.39, 0.29) is 5.91 Å². The third-order valence-electron chi connectivity index (χ3n) is 3.34. The molecule has 9 heteroatoms. The van der Waals surface area contributed by atoms with Crippen LogP contribution >= 0.6 is 61.8 Å². The van der Waals surface area contributed by atoms with Crippen molar-refractivity contribution in [3.8, 4) is 0 Å². The molecule has 132 valence electrons. The number of amides is 1. The predicted molar refractivity (Wildman–Crippen MR) is 108 cm³/mol. The van der Waals surface area contributed by atoms with Crippen molar-refractivity contribution < 1.29 is 9.53 Å². The van der Waals surface area contributed by atoms with Crippen molar-refractivity contribution in [3.05, 3.63) is 47.8 Å². The van der Waals surface area contributed by atoms with Gasteiger partial charge in [-0.1, -0.05) is 34.5 Å². The van der Waals surface area contributed by atoms with Gasteiger partial charge < -0.3 is 9.30 Å². The minimum atomic E-state index is -0.283. The summed E-state index contributed by atoms with van der Waals surface area (Å²) in [6, 6.07) is 7.10. The molecule has 0 aliphatic carbocycles. The van der Waals surface area contributed by atoms with E-state index in [9.17, 15) is 4.79 Å². The van der Waals surface area contributed by atoms with Crippen molar-refractivity contribution >= 4 is 77.9 Å². The Labute approximate surface area is 170 Å². The fourth-order valence-electron chi connectivity index (χ4n) is 2.29. The molecule has 0 saturated carbocycles. The Morgan fingerprint density at radius 2 is 2.12 bits per heavy atom. The number of thiophene rings is 1. The minimum Gasteiger partial charge on any atom is -0.380 e. The summed E-state index contributed by atoms with van der Waals surface area (Å²) in [5.41, 5.74) is 0.815. The highest BCUT2D eigenvalue weighted by molar-refractivity contribution is 9.11. The van der Waals surface area contributed by atoms with Crippen LogP contribution in [0.4, 0.5) is 0 Å². The zero-order valence-electron chi connectivity index (χ0n) is 13.1.